The number of rotatable bonds is 2. The second kappa shape index (κ2) is 4.41. The molecular formula is C12H14BrN3O. The topological polar surface area (TPSA) is 53.1 Å². The highest BCUT2D eigenvalue weighted by Gasteiger charge is 2.13. The molecule has 0 atom stereocenters. The number of hydrogen-bond donors (Lipinski definition) is 1. The van der Waals surface area contributed by atoms with Crippen molar-refractivity contribution in [3.63, 3.8) is 0 Å². The van der Waals surface area contributed by atoms with Crippen LogP contribution in [0.5, 0.6) is 5.75 Å². The zero-order valence-electron chi connectivity index (χ0n) is 9.99. The van der Waals surface area contributed by atoms with Gasteiger partial charge in [0.05, 0.1) is 11.6 Å². The second-order valence-electron chi connectivity index (χ2n) is 3.82. The Morgan fingerprint density at radius 1 is 1.41 bits per heavy atom. The maximum Gasteiger partial charge on any atom is 0.153 e. The Morgan fingerprint density at radius 3 is 2.59 bits per heavy atom. The van der Waals surface area contributed by atoms with Crippen molar-refractivity contribution in [2.45, 2.75) is 6.92 Å². The van der Waals surface area contributed by atoms with Crippen molar-refractivity contribution in [1.29, 1.82) is 0 Å². The van der Waals surface area contributed by atoms with E-state index >= 15 is 0 Å². The Hall–Kier alpha value is -1.49. The predicted molar refractivity (Wildman–Crippen MR) is 72.0 cm³/mol. The molecule has 0 aliphatic carbocycles. The molecule has 0 spiro atoms. The van der Waals surface area contributed by atoms with Gasteiger partial charge in [0.1, 0.15) is 5.75 Å². The van der Waals surface area contributed by atoms with Crippen molar-refractivity contribution in [2.24, 2.45) is 7.05 Å². The van der Waals surface area contributed by atoms with E-state index in [1.165, 1.54) is 0 Å². The first-order chi connectivity index (χ1) is 8.04. The molecule has 2 N–H and O–H groups in total. The molecule has 2 rings (SSSR count). The Bertz CT molecular complexity index is 563. The van der Waals surface area contributed by atoms with Crippen molar-refractivity contribution < 1.29 is 4.74 Å². The molecule has 1 heterocycles. The van der Waals surface area contributed by atoms with E-state index in [0.717, 1.165) is 27.0 Å². The molecule has 5 heteroatoms. The van der Waals surface area contributed by atoms with Gasteiger partial charge in [-0.05, 0) is 40.5 Å². The molecule has 0 unspecified atom stereocenters. The molecule has 1 aromatic carbocycles. The van der Waals surface area contributed by atoms with Gasteiger partial charge in [0.25, 0.3) is 0 Å². The fourth-order valence-electron chi connectivity index (χ4n) is 1.81. The zero-order valence-corrected chi connectivity index (χ0v) is 11.6. The summed E-state index contributed by atoms with van der Waals surface area (Å²) in [5, 5.41) is 4.21. The lowest BCUT2D eigenvalue weighted by atomic mass is 10.1. The monoisotopic (exact) mass is 295 g/mol. The summed E-state index contributed by atoms with van der Waals surface area (Å²) in [5.74, 6) is 1.34. The summed E-state index contributed by atoms with van der Waals surface area (Å²) >= 11 is 3.47. The smallest absolute Gasteiger partial charge is 0.153 e. The number of ether oxygens (including phenoxy) is 1. The molecule has 1 aromatic heterocycles. The highest BCUT2D eigenvalue weighted by atomic mass is 79.9. The number of methoxy groups -OCH3 is 1. The fraction of sp³-hybridized carbons (Fsp3) is 0.250. The third-order valence-electron chi connectivity index (χ3n) is 2.80. The fourth-order valence-corrected chi connectivity index (χ4v) is 2.35. The number of halogens is 1. The number of anilines is 1. The molecule has 0 aliphatic rings. The summed E-state index contributed by atoms with van der Waals surface area (Å²) in [5.41, 5.74) is 8.95. The van der Waals surface area contributed by atoms with Crippen molar-refractivity contribution >= 4 is 21.7 Å². The Kier molecular flexibility index (Phi) is 3.11. The molecule has 0 bridgehead atoms. The van der Waals surface area contributed by atoms with Crippen molar-refractivity contribution in [2.75, 3.05) is 12.8 Å². The lowest BCUT2D eigenvalue weighted by molar-refractivity contribution is 0.412. The largest absolute Gasteiger partial charge is 0.496 e. The third kappa shape index (κ3) is 2.02. The average Bonchev–Trinajstić information content (AvgIpc) is 2.53. The lowest BCUT2D eigenvalue weighted by Crippen LogP contribution is -1.93. The van der Waals surface area contributed by atoms with Crippen LogP contribution in [0.15, 0.2) is 22.7 Å². The molecule has 90 valence electrons. The minimum absolute atomic E-state index is 0.544. The number of aromatic nitrogens is 2. The highest BCUT2D eigenvalue weighted by Crippen LogP contribution is 2.34. The van der Waals surface area contributed by atoms with Crippen molar-refractivity contribution in [3.05, 3.63) is 28.4 Å². The summed E-state index contributed by atoms with van der Waals surface area (Å²) in [7, 11) is 3.53. The molecule has 4 nitrogen and oxygen atoms in total. The quantitative estimate of drug-likeness (QED) is 0.927. The highest BCUT2D eigenvalue weighted by molar-refractivity contribution is 9.10. The minimum Gasteiger partial charge on any atom is -0.496 e. The molecule has 2 aromatic rings. The summed E-state index contributed by atoms with van der Waals surface area (Å²) in [6.07, 6.45) is 0. The van der Waals surface area contributed by atoms with Crippen LogP contribution in [0.4, 0.5) is 5.82 Å². The molecule has 0 radical (unpaired) electrons. The summed E-state index contributed by atoms with van der Waals surface area (Å²) in [4.78, 5) is 0. The van der Waals surface area contributed by atoms with E-state index in [0.29, 0.717) is 5.82 Å². The Morgan fingerprint density at radius 2 is 2.12 bits per heavy atom. The Labute approximate surface area is 109 Å². The number of nitrogens with zero attached hydrogens (tertiary/aromatic N) is 2. The molecule has 0 aliphatic heterocycles. The molecule has 0 saturated heterocycles. The van der Waals surface area contributed by atoms with Gasteiger partial charge in [-0.15, -0.1) is 0 Å². The first-order valence-electron chi connectivity index (χ1n) is 5.17. The van der Waals surface area contributed by atoms with Gasteiger partial charge in [-0.2, -0.15) is 5.10 Å². The van der Waals surface area contributed by atoms with Gasteiger partial charge < -0.3 is 10.5 Å². The molecule has 17 heavy (non-hydrogen) atoms. The summed E-state index contributed by atoms with van der Waals surface area (Å²) in [6.45, 7) is 2.00. The number of nitrogens with two attached hydrogens (primary N) is 1. The van der Waals surface area contributed by atoms with Crippen LogP contribution < -0.4 is 10.5 Å². The second-order valence-corrected chi connectivity index (χ2v) is 4.67. The van der Waals surface area contributed by atoms with E-state index in [4.69, 9.17) is 10.5 Å². The number of benzene rings is 1. The van der Waals surface area contributed by atoms with Crippen LogP contribution in [0, 0.1) is 6.92 Å². The number of hydrogen-bond acceptors (Lipinski definition) is 3. The van der Waals surface area contributed by atoms with E-state index in [9.17, 15) is 0 Å². The van der Waals surface area contributed by atoms with E-state index < -0.39 is 0 Å². The van der Waals surface area contributed by atoms with Crippen LogP contribution in [0.3, 0.4) is 0 Å². The van der Waals surface area contributed by atoms with Gasteiger partial charge in [-0.25, -0.2) is 0 Å². The molecule has 0 saturated carbocycles. The molecular weight excluding hydrogens is 282 g/mol. The minimum atomic E-state index is 0.544. The van der Waals surface area contributed by atoms with Crippen LogP contribution in [-0.4, -0.2) is 16.9 Å². The van der Waals surface area contributed by atoms with Crippen molar-refractivity contribution in [1.82, 2.24) is 9.78 Å². The maximum absolute atomic E-state index is 5.92. The van der Waals surface area contributed by atoms with Crippen LogP contribution in [-0.2, 0) is 7.05 Å². The van der Waals surface area contributed by atoms with Crippen molar-refractivity contribution in [3.8, 4) is 16.9 Å². The molecule has 0 fully saturated rings. The van der Waals surface area contributed by atoms with E-state index in [1.54, 1.807) is 11.8 Å². The normalized spacial score (nSPS) is 10.6. The van der Waals surface area contributed by atoms with Gasteiger partial charge in [-0.1, -0.05) is 6.07 Å². The first kappa shape index (κ1) is 12.0. The van der Waals surface area contributed by atoms with Gasteiger partial charge in [0.15, 0.2) is 5.82 Å². The van der Waals surface area contributed by atoms with Crippen LogP contribution in [0.1, 0.15) is 5.69 Å². The van der Waals surface area contributed by atoms with Gasteiger partial charge >= 0.3 is 0 Å². The van der Waals surface area contributed by atoms with Crippen LogP contribution >= 0.6 is 15.9 Å². The zero-order chi connectivity index (χ0) is 12.6. The third-order valence-corrected chi connectivity index (χ3v) is 3.42. The summed E-state index contributed by atoms with van der Waals surface area (Å²) in [6, 6.07) is 5.87. The van der Waals surface area contributed by atoms with E-state index in [2.05, 4.69) is 21.0 Å². The van der Waals surface area contributed by atoms with E-state index in [-0.39, 0.29) is 0 Å². The summed E-state index contributed by atoms with van der Waals surface area (Å²) < 4.78 is 7.89. The first-order valence-corrected chi connectivity index (χ1v) is 5.97. The van der Waals surface area contributed by atoms with Gasteiger partial charge in [0.2, 0.25) is 0 Å². The van der Waals surface area contributed by atoms with Gasteiger partial charge in [-0.3, -0.25) is 4.68 Å². The Balaban J connectivity index is 2.57. The number of aryl methyl sites for hydroxylation is 1. The predicted octanol–water partition coefficient (Wildman–Crippen LogP) is 2.75. The van der Waals surface area contributed by atoms with Crippen LogP contribution in [0.2, 0.25) is 0 Å². The lowest BCUT2D eigenvalue weighted by Gasteiger charge is -2.06. The average molecular weight is 296 g/mol. The maximum atomic E-state index is 5.92. The standard InChI is InChI=1S/C12H14BrN3O/c1-7-11(12(14)15-16(7)2)8-4-5-10(17-3)9(13)6-8/h4-6H,1-3H3,(H2,14,15). The van der Waals surface area contributed by atoms with Crippen LogP contribution in [0.25, 0.3) is 11.1 Å². The SMILES string of the molecule is COc1ccc(-c2c(N)nn(C)c2C)cc1Br. The van der Waals surface area contributed by atoms with E-state index in [1.807, 2.05) is 32.2 Å². The number of nitrogen functional groups attached to an aromatic ring is 1. The molecule has 0 amide bonds. The van der Waals surface area contributed by atoms with Gasteiger partial charge in [0, 0.05) is 18.3 Å².